The van der Waals surface area contributed by atoms with Gasteiger partial charge in [0.25, 0.3) is 5.91 Å². The van der Waals surface area contributed by atoms with Crippen LogP contribution in [0.3, 0.4) is 0 Å². The molecule has 1 fully saturated rings. The lowest BCUT2D eigenvalue weighted by atomic mass is 10.1. The number of nitrogens with one attached hydrogen (secondary N) is 1. The number of likely N-dealkylation sites (N-methyl/N-ethyl adjacent to an activating group) is 1. The Labute approximate surface area is 196 Å². The fourth-order valence-corrected chi connectivity index (χ4v) is 4.49. The van der Waals surface area contributed by atoms with Crippen molar-refractivity contribution in [3.63, 3.8) is 0 Å². The minimum Gasteiger partial charge on any atom is -0.497 e. The maximum Gasteiger partial charge on any atom is 0.253 e. The lowest BCUT2D eigenvalue weighted by Gasteiger charge is -2.32. The van der Waals surface area contributed by atoms with Crippen LogP contribution in [0.4, 0.5) is 5.13 Å². The highest BCUT2D eigenvalue weighted by molar-refractivity contribution is 7.22. The summed E-state index contributed by atoms with van der Waals surface area (Å²) in [7, 11) is 5.21. The van der Waals surface area contributed by atoms with Gasteiger partial charge in [0.05, 0.1) is 24.4 Å². The summed E-state index contributed by atoms with van der Waals surface area (Å²) in [5.41, 5.74) is 2.10. The minimum absolute atomic E-state index is 0.0270. The van der Waals surface area contributed by atoms with Crippen LogP contribution < -0.4 is 14.8 Å². The van der Waals surface area contributed by atoms with Gasteiger partial charge in [-0.2, -0.15) is 0 Å². The van der Waals surface area contributed by atoms with Gasteiger partial charge in [0.2, 0.25) is 5.91 Å². The quantitative estimate of drug-likeness (QED) is 0.561. The molecule has 0 atom stereocenters. The number of anilines is 1. The number of carbonyl (C=O) groups is 2. The molecule has 4 rings (SSSR count). The maximum atomic E-state index is 12.8. The van der Waals surface area contributed by atoms with Crippen LogP contribution >= 0.6 is 11.3 Å². The van der Waals surface area contributed by atoms with Gasteiger partial charge in [0.1, 0.15) is 11.5 Å². The van der Waals surface area contributed by atoms with Crippen LogP contribution in [0.25, 0.3) is 16.3 Å². The fraction of sp³-hybridized carbons (Fsp3) is 0.292. The van der Waals surface area contributed by atoms with Crippen LogP contribution in [0.15, 0.2) is 42.5 Å². The lowest BCUT2D eigenvalue weighted by molar-refractivity contribution is -0.111. The third-order valence-corrected chi connectivity index (χ3v) is 6.44. The first-order valence-electron chi connectivity index (χ1n) is 10.6. The Morgan fingerprint density at radius 3 is 2.58 bits per heavy atom. The molecule has 2 amide bonds. The molecule has 1 saturated heterocycles. The molecule has 9 heteroatoms. The highest BCUT2D eigenvalue weighted by atomic mass is 32.1. The van der Waals surface area contributed by atoms with E-state index in [9.17, 15) is 9.59 Å². The molecule has 33 heavy (non-hydrogen) atoms. The molecule has 1 aliphatic heterocycles. The van der Waals surface area contributed by atoms with Crippen molar-refractivity contribution in [2.45, 2.75) is 0 Å². The van der Waals surface area contributed by atoms with Crippen molar-refractivity contribution in [1.82, 2.24) is 14.8 Å². The molecule has 172 valence electrons. The fourth-order valence-electron chi connectivity index (χ4n) is 3.59. The Hall–Kier alpha value is -3.43. The van der Waals surface area contributed by atoms with Gasteiger partial charge in [-0.25, -0.2) is 4.98 Å². The lowest BCUT2D eigenvalue weighted by Crippen LogP contribution is -2.47. The van der Waals surface area contributed by atoms with Crippen molar-refractivity contribution in [2.24, 2.45) is 0 Å². The summed E-state index contributed by atoms with van der Waals surface area (Å²) in [6.07, 6.45) is 3.09. The zero-order valence-corrected chi connectivity index (χ0v) is 19.6. The summed E-state index contributed by atoms with van der Waals surface area (Å²) >= 11 is 1.34. The Kier molecular flexibility index (Phi) is 6.90. The number of thiazole rings is 1. The summed E-state index contributed by atoms with van der Waals surface area (Å²) < 4.78 is 11.4. The van der Waals surface area contributed by atoms with Gasteiger partial charge in [0.15, 0.2) is 5.13 Å². The highest BCUT2D eigenvalue weighted by Crippen LogP contribution is 2.28. The third kappa shape index (κ3) is 5.32. The van der Waals surface area contributed by atoms with E-state index in [-0.39, 0.29) is 11.8 Å². The number of aromatic nitrogens is 1. The van der Waals surface area contributed by atoms with Crippen molar-refractivity contribution in [3.8, 4) is 11.5 Å². The van der Waals surface area contributed by atoms with Gasteiger partial charge < -0.3 is 19.3 Å². The SMILES string of the molecule is COc1ccc(OC)c(/C=C/C(=O)Nc2nc3ccc(C(=O)N4CCN(C)CC4)cc3s2)c1. The molecular formula is C24H26N4O4S. The Morgan fingerprint density at radius 2 is 1.85 bits per heavy atom. The molecule has 1 N–H and O–H groups in total. The third-order valence-electron chi connectivity index (χ3n) is 5.51. The highest BCUT2D eigenvalue weighted by Gasteiger charge is 2.21. The van der Waals surface area contributed by atoms with Gasteiger partial charge in [-0.15, -0.1) is 0 Å². The molecule has 0 aliphatic carbocycles. The van der Waals surface area contributed by atoms with E-state index in [0.29, 0.717) is 22.2 Å². The van der Waals surface area contributed by atoms with Crippen molar-refractivity contribution < 1.29 is 19.1 Å². The Morgan fingerprint density at radius 1 is 1.06 bits per heavy atom. The summed E-state index contributed by atoms with van der Waals surface area (Å²) in [5, 5.41) is 3.27. The standard InChI is InChI=1S/C24H26N4O4S/c1-27-10-12-28(13-11-27)23(30)17-4-7-19-21(15-17)33-24(25-19)26-22(29)9-5-16-14-18(31-2)6-8-20(16)32-3/h4-9,14-15H,10-13H2,1-3H3,(H,25,26,29)/b9-5+. The summed E-state index contributed by atoms with van der Waals surface area (Å²) in [5.74, 6) is 1.02. The van der Waals surface area contributed by atoms with Gasteiger partial charge in [-0.05, 0) is 49.5 Å². The molecule has 1 aliphatic rings. The average molecular weight is 467 g/mol. The van der Waals surface area contributed by atoms with Crippen LogP contribution in [0.1, 0.15) is 15.9 Å². The molecule has 2 heterocycles. The first-order chi connectivity index (χ1) is 16.0. The smallest absolute Gasteiger partial charge is 0.253 e. The number of hydrogen-bond acceptors (Lipinski definition) is 7. The second-order valence-electron chi connectivity index (χ2n) is 7.73. The van der Waals surface area contributed by atoms with Crippen LogP contribution in [0, 0.1) is 0 Å². The zero-order chi connectivity index (χ0) is 23.4. The van der Waals surface area contributed by atoms with Crippen molar-refractivity contribution in [1.29, 1.82) is 0 Å². The maximum absolute atomic E-state index is 12.8. The van der Waals surface area contributed by atoms with Gasteiger partial charge in [-0.3, -0.25) is 14.9 Å². The number of methoxy groups -OCH3 is 2. The largest absolute Gasteiger partial charge is 0.497 e. The summed E-state index contributed by atoms with van der Waals surface area (Å²) in [6, 6.07) is 10.8. The van der Waals surface area contributed by atoms with E-state index in [1.54, 1.807) is 44.6 Å². The second kappa shape index (κ2) is 10.0. The molecule has 1 aromatic heterocycles. The van der Waals surface area contributed by atoms with Gasteiger partial charge in [0, 0.05) is 43.4 Å². The van der Waals surface area contributed by atoms with Crippen molar-refractivity contribution in [2.75, 3.05) is 52.8 Å². The van der Waals surface area contributed by atoms with Crippen molar-refractivity contribution >= 4 is 44.6 Å². The van der Waals surface area contributed by atoms with Crippen LogP contribution in [-0.2, 0) is 4.79 Å². The Bertz CT molecular complexity index is 1200. The molecule has 0 saturated carbocycles. The molecule has 3 aromatic rings. The van der Waals surface area contributed by atoms with E-state index < -0.39 is 0 Å². The zero-order valence-electron chi connectivity index (χ0n) is 18.8. The number of ether oxygens (including phenoxy) is 2. The van der Waals surface area contributed by atoms with Gasteiger partial charge >= 0.3 is 0 Å². The average Bonchev–Trinajstić information content (AvgIpc) is 3.23. The molecule has 0 radical (unpaired) electrons. The number of hydrogen-bond donors (Lipinski definition) is 1. The number of piperazine rings is 1. The Balaban J connectivity index is 1.45. The van der Waals surface area contributed by atoms with E-state index in [1.165, 1.54) is 17.4 Å². The topological polar surface area (TPSA) is 84.0 Å². The van der Waals surface area contributed by atoms with Crippen molar-refractivity contribution in [3.05, 3.63) is 53.6 Å². The summed E-state index contributed by atoms with van der Waals surface area (Å²) in [4.78, 5) is 33.9. The minimum atomic E-state index is -0.312. The van der Waals surface area contributed by atoms with Crippen LogP contribution in [0.2, 0.25) is 0 Å². The number of fused-ring (bicyclic) bond motifs is 1. The molecule has 0 unspecified atom stereocenters. The van der Waals surface area contributed by atoms with E-state index in [1.807, 2.05) is 17.0 Å². The number of carbonyl (C=O) groups excluding carboxylic acids is 2. The number of nitrogens with zero attached hydrogens (tertiary/aromatic N) is 3. The normalized spacial score (nSPS) is 14.6. The molecule has 0 spiro atoms. The molecular weight excluding hydrogens is 440 g/mol. The van der Waals surface area contributed by atoms with E-state index in [0.717, 1.165) is 42.0 Å². The molecule has 0 bridgehead atoms. The monoisotopic (exact) mass is 466 g/mol. The molecule has 8 nitrogen and oxygen atoms in total. The van der Waals surface area contributed by atoms with Crippen LogP contribution in [0.5, 0.6) is 11.5 Å². The molecule has 2 aromatic carbocycles. The number of benzene rings is 2. The first kappa shape index (κ1) is 22.8. The summed E-state index contributed by atoms with van der Waals surface area (Å²) in [6.45, 7) is 3.20. The van der Waals surface area contributed by atoms with E-state index in [4.69, 9.17) is 9.47 Å². The predicted octanol–water partition coefficient (Wildman–Crippen LogP) is 3.35. The number of rotatable bonds is 6. The predicted molar refractivity (Wildman–Crippen MR) is 130 cm³/mol. The number of amides is 2. The first-order valence-corrected chi connectivity index (χ1v) is 11.4. The van der Waals surface area contributed by atoms with E-state index >= 15 is 0 Å². The van der Waals surface area contributed by atoms with E-state index in [2.05, 4.69) is 22.2 Å². The van der Waals surface area contributed by atoms with Gasteiger partial charge in [-0.1, -0.05) is 11.3 Å². The van der Waals surface area contributed by atoms with Crippen LogP contribution in [-0.4, -0.2) is 74.0 Å². The second-order valence-corrected chi connectivity index (χ2v) is 8.76.